The number of hydrogen-bond acceptors (Lipinski definition) is 3. The Labute approximate surface area is 108 Å². The molecular formula is C14H21NO3. The first kappa shape index (κ1) is 14.5. The third-order valence-electron chi connectivity index (χ3n) is 2.52. The predicted octanol–water partition coefficient (Wildman–Crippen LogP) is 1.97. The molecule has 0 heterocycles. The van der Waals surface area contributed by atoms with Crippen LogP contribution in [-0.2, 0) is 0 Å². The Morgan fingerprint density at radius 2 is 2.17 bits per heavy atom. The van der Waals surface area contributed by atoms with Crippen LogP contribution in [-0.4, -0.2) is 29.8 Å². The number of carbonyl (C=O) groups excluding carboxylic acids is 1. The maximum Gasteiger partial charge on any atom is 0.251 e. The lowest BCUT2D eigenvalue weighted by atomic mass is 10.1. The largest absolute Gasteiger partial charge is 0.491 e. The van der Waals surface area contributed by atoms with Gasteiger partial charge in [-0.25, -0.2) is 0 Å². The summed E-state index contributed by atoms with van der Waals surface area (Å²) in [6, 6.07) is 6.84. The fourth-order valence-corrected chi connectivity index (χ4v) is 1.53. The smallest absolute Gasteiger partial charge is 0.251 e. The van der Waals surface area contributed by atoms with Crippen molar-refractivity contribution in [1.29, 1.82) is 0 Å². The first-order valence-corrected chi connectivity index (χ1v) is 6.25. The van der Waals surface area contributed by atoms with Gasteiger partial charge >= 0.3 is 0 Å². The molecule has 0 aromatic heterocycles. The average Bonchev–Trinajstić information content (AvgIpc) is 2.35. The molecule has 1 rings (SSSR count). The van der Waals surface area contributed by atoms with Crippen molar-refractivity contribution in [3.63, 3.8) is 0 Å². The number of carbonyl (C=O) groups is 1. The molecule has 0 aliphatic rings. The summed E-state index contributed by atoms with van der Waals surface area (Å²) in [4.78, 5) is 11.9. The molecular weight excluding hydrogens is 230 g/mol. The van der Waals surface area contributed by atoms with Gasteiger partial charge in [0.05, 0.1) is 18.8 Å². The van der Waals surface area contributed by atoms with Crippen LogP contribution < -0.4 is 10.1 Å². The number of amides is 1. The highest BCUT2D eigenvalue weighted by atomic mass is 16.5. The summed E-state index contributed by atoms with van der Waals surface area (Å²) in [7, 11) is 0. The van der Waals surface area contributed by atoms with Gasteiger partial charge in [-0.05, 0) is 38.5 Å². The Morgan fingerprint density at radius 3 is 2.72 bits per heavy atom. The lowest BCUT2D eigenvalue weighted by molar-refractivity contribution is 0.0914. The highest BCUT2D eigenvalue weighted by Crippen LogP contribution is 2.15. The van der Waals surface area contributed by atoms with Crippen LogP contribution in [0.15, 0.2) is 24.3 Å². The molecule has 0 radical (unpaired) electrons. The van der Waals surface area contributed by atoms with Gasteiger partial charge in [-0.15, -0.1) is 0 Å². The topological polar surface area (TPSA) is 58.6 Å². The fraction of sp³-hybridized carbons (Fsp3) is 0.500. The number of hydrogen-bond donors (Lipinski definition) is 2. The minimum absolute atomic E-state index is 0.0512. The van der Waals surface area contributed by atoms with Crippen molar-refractivity contribution < 1.29 is 14.6 Å². The van der Waals surface area contributed by atoms with Crippen molar-refractivity contribution in [2.75, 3.05) is 6.61 Å². The van der Waals surface area contributed by atoms with E-state index in [1.165, 1.54) is 0 Å². The summed E-state index contributed by atoms with van der Waals surface area (Å²) < 4.78 is 5.53. The highest BCUT2D eigenvalue weighted by Gasteiger charge is 2.12. The third-order valence-corrected chi connectivity index (χ3v) is 2.52. The van der Waals surface area contributed by atoms with Gasteiger partial charge in [-0.3, -0.25) is 4.79 Å². The molecule has 1 atom stereocenters. The van der Waals surface area contributed by atoms with E-state index in [9.17, 15) is 4.79 Å². The second kappa shape index (κ2) is 7.01. The van der Waals surface area contributed by atoms with Crippen LogP contribution in [0.1, 0.15) is 37.6 Å². The van der Waals surface area contributed by atoms with Crippen LogP contribution in [0.2, 0.25) is 0 Å². The van der Waals surface area contributed by atoms with Gasteiger partial charge in [0.25, 0.3) is 5.91 Å². The Bertz CT molecular complexity index is 386. The molecule has 0 unspecified atom stereocenters. The third kappa shape index (κ3) is 4.37. The zero-order valence-corrected chi connectivity index (χ0v) is 11.1. The molecule has 2 N–H and O–H groups in total. The normalized spacial score (nSPS) is 12.3. The second-order valence-electron chi connectivity index (χ2n) is 4.46. The van der Waals surface area contributed by atoms with E-state index in [1.54, 1.807) is 18.2 Å². The van der Waals surface area contributed by atoms with Crippen molar-refractivity contribution in [2.45, 2.75) is 39.3 Å². The van der Waals surface area contributed by atoms with E-state index in [-0.39, 0.29) is 24.7 Å². The summed E-state index contributed by atoms with van der Waals surface area (Å²) >= 11 is 0. The number of benzene rings is 1. The molecule has 4 heteroatoms. The Balaban J connectivity index is 2.73. The van der Waals surface area contributed by atoms with Gasteiger partial charge in [0.2, 0.25) is 0 Å². The fourth-order valence-electron chi connectivity index (χ4n) is 1.53. The summed E-state index contributed by atoms with van der Waals surface area (Å²) in [6.07, 6.45) is 0.772. The Hall–Kier alpha value is -1.55. The van der Waals surface area contributed by atoms with E-state index in [0.717, 1.165) is 0 Å². The first-order chi connectivity index (χ1) is 8.56. The summed E-state index contributed by atoms with van der Waals surface area (Å²) in [5.41, 5.74) is 0.542. The van der Waals surface area contributed by atoms with Crippen molar-refractivity contribution in [3.8, 4) is 5.75 Å². The number of nitrogens with one attached hydrogen (secondary N) is 1. The molecule has 1 aromatic carbocycles. The Kier molecular flexibility index (Phi) is 5.65. The highest BCUT2D eigenvalue weighted by molar-refractivity contribution is 5.94. The maximum atomic E-state index is 11.9. The quantitative estimate of drug-likeness (QED) is 0.812. The van der Waals surface area contributed by atoms with Crippen LogP contribution in [0.4, 0.5) is 0 Å². The van der Waals surface area contributed by atoms with Gasteiger partial charge in [0, 0.05) is 5.56 Å². The zero-order valence-electron chi connectivity index (χ0n) is 11.1. The van der Waals surface area contributed by atoms with Crippen molar-refractivity contribution in [3.05, 3.63) is 29.8 Å². The van der Waals surface area contributed by atoms with Crippen molar-refractivity contribution >= 4 is 5.91 Å². The molecule has 18 heavy (non-hydrogen) atoms. The number of aliphatic hydroxyl groups excluding tert-OH is 1. The molecule has 0 aliphatic heterocycles. The van der Waals surface area contributed by atoms with E-state index in [4.69, 9.17) is 9.84 Å². The van der Waals surface area contributed by atoms with Crippen LogP contribution in [0.5, 0.6) is 5.75 Å². The summed E-state index contributed by atoms with van der Waals surface area (Å²) in [6.45, 7) is 5.74. The van der Waals surface area contributed by atoms with E-state index < -0.39 is 0 Å². The molecule has 0 aliphatic carbocycles. The van der Waals surface area contributed by atoms with E-state index >= 15 is 0 Å². The van der Waals surface area contributed by atoms with Crippen LogP contribution in [0, 0.1) is 0 Å². The lowest BCUT2D eigenvalue weighted by Gasteiger charge is -2.15. The van der Waals surface area contributed by atoms with Crippen LogP contribution in [0.25, 0.3) is 0 Å². The van der Waals surface area contributed by atoms with Crippen molar-refractivity contribution in [1.82, 2.24) is 5.32 Å². The number of aliphatic hydroxyl groups is 1. The summed E-state index contributed by atoms with van der Waals surface area (Å²) in [5.74, 6) is 0.486. The minimum Gasteiger partial charge on any atom is -0.491 e. The second-order valence-corrected chi connectivity index (χ2v) is 4.46. The van der Waals surface area contributed by atoms with Crippen LogP contribution >= 0.6 is 0 Å². The molecule has 0 spiro atoms. The molecule has 1 aromatic rings. The van der Waals surface area contributed by atoms with Gasteiger partial charge < -0.3 is 15.2 Å². The SMILES string of the molecule is CC[C@@H](CO)NC(=O)c1cccc(OC(C)C)c1. The molecule has 0 fully saturated rings. The predicted molar refractivity (Wildman–Crippen MR) is 70.8 cm³/mol. The molecule has 1 amide bonds. The van der Waals surface area contributed by atoms with Gasteiger partial charge in [0.1, 0.15) is 5.75 Å². The number of rotatable bonds is 6. The van der Waals surface area contributed by atoms with Crippen LogP contribution in [0.3, 0.4) is 0 Å². The van der Waals surface area contributed by atoms with Gasteiger partial charge in [-0.1, -0.05) is 13.0 Å². The lowest BCUT2D eigenvalue weighted by Crippen LogP contribution is -2.36. The first-order valence-electron chi connectivity index (χ1n) is 6.25. The Morgan fingerprint density at radius 1 is 1.44 bits per heavy atom. The van der Waals surface area contributed by atoms with Gasteiger partial charge in [-0.2, -0.15) is 0 Å². The average molecular weight is 251 g/mol. The van der Waals surface area contributed by atoms with E-state index in [2.05, 4.69) is 5.32 Å². The molecule has 4 nitrogen and oxygen atoms in total. The monoisotopic (exact) mass is 251 g/mol. The van der Waals surface area contributed by atoms with E-state index in [1.807, 2.05) is 26.8 Å². The van der Waals surface area contributed by atoms with E-state index in [0.29, 0.717) is 17.7 Å². The van der Waals surface area contributed by atoms with Crippen molar-refractivity contribution in [2.24, 2.45) is 0 Å². The molecule has 0 bridgehead atoms. The molecule has 100 valence electrons. The van der Waals surface area contributed by atoms with Gasteiger partial charge in [0.15, 0.2) is 0 Å². The number of ether oxygens (including phenoxy) is 1. The minimum atomic E-state index is -0.202. The molecule has 0 saturated carbocycles. The maximum absolute atomic E-state index is 11.9. The zero-order chi connectivity index (χ0) is 13.5. The summed E-state index contributed by atoms with van der Waals surface area (Å²) in [5, 5.41) is 11.8. The standard InChI is InChI=1S/C14H21NO3/c1-4-12(9-16)15-14(17)11-6-5-7-13(8-11)18-10(2)3/h5-8,10,12,16H,4,9H2,1-3H3,(H,15,17)/t12-/m0/s1. The molecule has 0 saturated heterocycles.